The number of aliphatic hydroxyl groups is 1. The average molecular weight is 379 g/mol. The van der Waals surface area contributed by atoms with Crippen molar-refractivity contribution in [3.05, 3.63) is 35.0 Å². The van der Waals surface area contributed by atoms with Gasteiger partial charge in [0.25, 0.3) is 0 Å². The van der Waals surface area contributed by atoms with E-state index in [1.54, 1.807) is 13.3 Å². The zero-order valence-electron chi connectivity index (χ0n) is 14.6. The fraction of sp³-hybridized carbons (Fsp3) is 0.474. The summed E-state index contributed by atoms with van der Waals surface area (Å²) in [5.41, 5.74) is 1.62. The van der Waals surface area contributed by atoms with E-state index in [4.69, 9.17) is 16.3 Å². The van der Waals surface area contributed by atoms with Gasteiger partial charge in [-0.2, -0.15) is 0 Å². The average Bonchev–Trinajstić information content (AvgIpc) is 2.66. The van der Waals surface area contributed by atoms with E-state index in [0.29, 0.717) is 30.2 Å². The summed E-state index contributed by atoms with van der Waals surface area (Å²) >= 11 is 6.53. The second-order valence-electron chi connectivity index (χ2n) is 6.62. The van der Waals surface area contributed by atoms with Crippen LogP contribution in [0.4, 0.5) is 0 Å². The molecule has 0 aliphatic carbocycles. The van der Waals surface area contributed by atoms with Gasteiger partial charge >= 0.3 is 5.97 Å². The number of rotatable bonds is 6. The fourth-order valence-corrected chi connectivity index (χ4v) is 4.30. The molecule has 0 saturated carbocycles. The maximum Gasteiger partial charge on any atom is 0.308 e. The maximum atomic E-state index is 11.8. The smallest absolute Gasteiger partial charge is 0.308 e. The Balaban J connectivity index is 2.15. The monoisotopic (exact) mass is 378 g/mol. The third-order valence-corrected chi connectivity index (χ3v) is 5.55. The number of pyridine rings is 1. The van der Waals surface area contributed by atoms with Crippen LogP contribution in [0.15, 0.2) is 24.4 Å². The first-order chi connectivity index (χ1) is 12.6. The first-order valence-corrected chi connectivity index (χ1v) is 9.11. The van der Waals surface area contributed by atoms with E-state index in [1.165, 1.54) is 0 Å². The van der Waals surface area contributed by atoms with Gasteiger partial charge in [0, 0.05) is 24.7 Å². The number of nitrogens with zero attached hydrogens (tertiary/aromatic N) is 1. The number of carboxylic acid groups (broad SMARTS) is 1. The summed E-state index contributed by atoms with van der Waals surface area (Å²) in [4.78, 5) is 16.2. The maximum absolute atomic E-state index is 11.8. The summed E-state index contributed by atoms with van der Waals surface area (Å²) in [5, 5.41) is 23.8. The second-order valence-corrected chi connectivity index (χ2v) is 7.03. The Morgan fingerprint density at radius 3 is 3.00 bits per heavy atom. The lowest BCUT2D eigenvalue weighted by Crippen LogP contribution is -2.43. The Labute approximate surface area is 157 Å². The summed E-state index contributed by atoms with van der Waals surface area (Å²) in [6.07, 6.45) is 2.77. The number of hydrogen-bond acceptors (Lipinski definition) is 5. The molecule has 0 bridgehead atoms. The molecule has 3 N–H and O–H groups in total. The predicted octanol–water partition coefficient (Wildman–Crippen LogP) is 2.67. The van der Waals surface area contributed by atoms with Crippen LogP contribution in [0.5, 0.6) is 5.75 Å². The van der Waals surface area contributed by atoms with Gasteiger partial charge in [0.15, 0.2) is 0 Å². The highest BCUT2D eigenvalue weighted by Crippen LogP contribution is 2.43. The van der Waals surface area contributed by atoms with Crippen molar-refractivity contribution >= 4 is 28.5 Å². The molecular weight excluding hydrogens is 356 g/mol. The van der Waals surface area contributed by atoms with Crippen LogP contribution in [0, 0.1) is 11.8 Å². The molecule has 2 aromatic rings. The molecule has 1 aromatic carbocycles. The standard InChI is InChI=1S/C19H23ClN2O4/c1-26-11-2-3-17-14(8-11)18(16(20)10-22-17)13(5-7-23)12-4-6-21-9-15(12)19(24)25/h2-3,8,10,12-13,15,21,23H,4-7,9H2,1H3,(H,24,25)/t12?,13-,15-/m1/s1. The van der Waals surface area contributed by atoms with Crippen LogP contribution in [0.3, 0.4) is 0 Å². The number of aliphatic carboxylic acids is 1. The molecule has 0 radical (unpaired) electrons. The number of aliphatic hydroxyl groups excluding tert-OH is 1. The number of aromatic nitrogens is 1. The van der Waals surface area contributed by atoms with Crippen molar-refractivity contribution in [3.8, 4) is 5.75 Å². The van der Waals surface area contributed by atoms with Crippen molar-refractivity contribution in [2.45, 2.75) is 18.8 Å². The molecule has 2 heterocycles. The number of halogens is 1. The number of piperidine rings is 1. The zero-order chi connectivity index (χ0) is 18.7. The molecule has 0 amide bonds. The van der Waals surface area contributed by atoms with E-state index < -0.39 is 11.9 Å². The van der Waals surface area contributed by atoms with Gasteiger partial charge in [-0.05, 0) is 55.0 Å². The van der Waals surface area contributed by atoms with Crippen LogP contribution in [-0.4, -0.2) is 48.0 Å². The Bertz CT molecular complexity index is 798. The minimum absolute atomic E-state index is 0.0367. The van der Waals surface area contributed by atoms with Gasteiger partial charge in [-0.3, -0.25) is 9.78 Å². The molecule has 1 aliphatic rings. The third kappa shape index (κ3) is 3.63. The van der Waals surface area contributed by atoms with E-state index in [-0.39, 0.29) is 18.4 Å². The lowest BCUT2D eigenvalue weighted by atomic mass is 9.72. The molecule has 1 unspecified atom stereocenters. The van der Waals surface area contributed by atoms with Crippen molar-refractivity contribution in [2.75, 3.05) is 26.8 Å². The van der Waals surface area contributed by atoms with E-state index in [9.17, 15) is 15.0 Å². The van der Waals surface area contributed by atoms with E-state index in [1.807, 2.05) is 18.2 Å². The van der Waals surface area contributed by atoms with Gasteiger partial charge in [0.1, 0.15) is 5.75 Å². The summed E-state index contributed by atoms with van der Waals surface area (Å²) in [5.74, 6) is -0.948. The molecule has 0 spiro atoms. The van der Waals surface area contributed by atoms with Gasteiger partial charge in [-0.1, -0.05) is 11.6 Å². The number of methoxy groups -OCH3 is 1. The van der Waals surface area contributed by atoms with Gasteiger partial charge in [0.05, 0.1) is 23.6 Å². The molecular formula is C19H23ClN2O4. The molecule has 7 heteroatoms. The molecule has 3 rings (SSSR count). The number of carbonyl (C=O) groups is 1. The first kappa shape index (κ1) is 18.9. The highest BCUT2D eigenvalue weighted by atomic mass is 35.5. The topological polar surface area (TPSA) is 91.7 Å². The summed E-state index contributed by atoms with van der Waals surface area (Å²) in [7, 11) is 1.59. The van der Waals surface area contributed by atoms with Gasteiger partial charge in [-0.25, -0.2) is 0 Å². The van der Waals surface area contributed by atoms with E-state index in [0.717, 1.165) is 23.0 Å². The van der Waals surface area contributed by atoms with Crippen molar-refractivity contribution in [1.29, 1.82) is 0 Å². The molecule has 1 aliphatic heterocycles. The lowest BCUT2D eigenvalue weighted by molar-refractivity contribution is -0.144. The van der Waals surface area contributed by atoms with Crippen LogP contribution >= 0.6 is 11.6 Å². The van der Waals surface area contributed by atoms with Crippen LogP contribution < -0.4 is 10.1 Å². The second kappa shape index (κ2) is 8.20. The summed E-state index contributed by atoms with van der Waals surface area (Å²) in [6, 6.07) is 5.57. The van der Waals surface area contributed by atoms with Crippen LogP contribution in [0.2, 0.25) is 5.02 Å². The minimum Gasteiger partial charge on any atom is -0.497 e. The fourth-order valence-electron chi connectivity index (χ4n) is 4.01. The number of benzene rings is 1. The first-order valence-electron chi connectivity index (χ1n) is 8.73. The summed E-state index contributed by atoms with van der Waals surface area (Å²) < 4.78 is 5.34. The van der Waals surface area contributed by atoms with Crippen molar-refractivity contribution < 1.29 is 19.7 Å². The van der Waals surface area contributed by atoms with E-state index >= 15 is 0 Å². The SMILES string of the molecule is COc1ccc2ncc(Cl)c([C@H](CCO)C3CCNC[C@H]3C(=O)O)c2c1. The molecule has 1 aromatic heterocycles. The summed E-state index contributed by atoms with van der Waals surface area (Å²) in [6.45, 7) is 1.14. The highest BCUT2D eigenvalue weighted by Gasteiger charge is 2.38. The Morgan fingerprint density at radius 1 is 1.50 bits per heavy atom. The van der Waals surface area contributed by atoms with E-state index in [2.05, 4.69) is 10.3 Å². The third-order valence-electron chi connectivity index (χ3n) is 5.25. The predicted molar refractivity (Wildman–Crippen MR) is 99.9 cm³/mol. The van der Waals surface area contributed by atoms with Gasteiger partial charge in [0.2, 0.25) is 0 Å². The lowest BCUT2D eigenvalue weighted by Gasteiger charge is -2.36. The van der Waals surface area contributed by atoms with Crippen LogP contribution in [0.1, 0.15) is 24.3 Å². The molecule has 1 fully saturated rings. The van der Waals surface area contributed by atoms with Crippen LogP contribution in [0.25, 0.3) is 10.9 Å². The zero-order valence-corrected chi connectivity index (χ0v) is 15.4. The molecule has 26 heavy (non-hydrogen) atoms. The molecule has 1 saturated heterocycles. The largest absolute Gasteiger partial charge is 0.497 e. The minimum atomic E-state index is -0.822. The van der Waals surface area contributed by atoms with Gasteiger partial charge < -0.3 is 20.3 Å². The number of fused-ring (bicyclic) bond motifs is 1. The number of hydrogen-bond donors (Lipinski definition) is 3. The quantitative estimate of drug-likeness (QED) is 0.715. The van der Waals surface area contributed by atoms with Crippen LogP contribution in [-0.2, 0) is 4.79 Å². The molecule has 3 atom stereocenters. The number of nitrogens with one attached hydrogen (secondary N) is 1. The Morgan fingerprint density at radius 2 is 2.31 bits per heavy atom. The van der Waals surface area contributed by atoms with Gasteiger partial charge in [-0.15, -0.1) is 0 Å². The molecule has 6 nitrogen and oxygen atoms in total. The van der Waals surface area contributed by atoms with Crippen molar-refractivity contribution in [3.63, 3.8) is 0 Å². The number of ether oxygens (including phenoxy) is 1. The normalized spacial score (nSPS) is 21.5. The Kier molecular flexibility index (Phi) is 5.96. The van der Waals surface area contributed by atoms with Crippen molar-refractivity contribution in [1.82, 2.24) is 10.3 Å². The number of carboxylic acids is 1. The highest BCUT2D eigenvalue weighted by molar-refractivity contribution is 6.32. The van der Waals surface area contributed by atoms with Crippen molar-refractivity contribution in [2.24, 2.45) is 11.8 Å². The Hall–Kier alpha value is -1.89. The molecule has 140 valence electrons.